The van der Waals surface area contributed by atoms with Gasteiger partial charge in [0.1, 0.15) is 11.2 Å². The number of anilines is 1. The molecule has 1 amide bonds. The molecule has 35 heavy (non-hydrogen) atoms. The third kappa shape index (κ3) is 5.40. The van der Waals surface area contributed by atoms with Crippen LogP contribution in [0.5, 0.6) is 0 Å². The molecule has 3 heterocycles. The molecule has 2 unspecified atom stereocenters. The third-order valence-corrected chi connectivity index (χ3v) is 5.97. The molecule has 1 aromatic carbocycles. The fraction of sp³-hybridized carbons (Fsp3) is 0.348. The van der Waals surface area contributed by atoms with Crippen molar-refractivity contribution in [3.05, 3.63) is 53.2 Å². The minimum absolute atomic E-state index is 0.121. The maximum absolute atomic E-state index is 14.5. The number of nitrogens with one attached hydrogen (secondary N) is 1. The van der Waals surface area contributed by atoms with E-state index in [9.17, 15) is 13.6 Å². The number of alkyl halides is 2. The number of nitrogens with two attached hydrogens (primary N) is 1. The van der Waals surface area contributed by atoms with Gasteiger partial charge >= 0.3 is 0 Å². The molecule has 0 saturated carbocycles. The number of carbonyl (C=O) groups is 1. The normalized spacial score (nSPS) is 20.8. The number of amides is 1. The van der Waals surface area contributed by atoms with E-state index >= 15 is 0 Å². The van der Waals surface area contributed by atoms with E-state index in [4.69, 9.17) is 21.8 Å². The van der Waals surface area contributed by atoms with Crippen molar-refractivity contribution in [3.63, 3.8) is 0 Å². The molecule has 1 fully saturated rings. The Hall–Kier alpha value is -3.60. The Morgan fingerprint density at radius 2 is 2.14 bits per heavy atom. The van der Waals surface area contributed by atoms with Gasteiger partial charge in [-0.3, -0.25) is 9.79 Å². The van der Waals surface area contributed by atoms with Gasteiger partial charge in [-0.1, -0.05) is 18.5 Å². The molecule has 3 N–H and O–H groups in total. The number of carbonyl (C=O) groups excluding carboxylic acids is 1. The standard InChI is InChI=1S/C23H24ClF2N7O2/c1-13-9-23(25,26)12-33(21(34)19(27)15(10-28-2)20-29-6-3-7-30-20)17(13)11-31-22-32-16-8-14(24)4-5-18(16)35-22/h3-8,10,13,17H,9,11-12,27H2,1-2H3,(H,31,32). The Balaban J connectivity index is 1.63. The maximum Gasteiger partial charge on any atom is 0.295 e. The third-order valence-electron chi connectivity index (χ3n) is 5.74. The van der Waals surface area contributed by atoms with Crippen LogP contribution in [0.2, 0.25) is 5.02 Å². The fourth-order valence-electron chi connectivity index (χ4n) is 4.13. The molecule has 3 aromatic rings. The summed E-state index contributed by atoms with van der Waals surface area (Å²) in [6, 6.07) is 6.20. The van der Waals surface area contributed by atoms with E-state index in [0.29, 0.717) is 16.1 Å². The lowest BCUT2D eigenvalue weighted by Gasteiger charge is -2.43. The summed E-state index contributed by atoms with van der Waals surface area (Å²) in [5.41, 5.74) is 7.14. The second-order valence-corrected chi connectivity index (χ2v) is 8.77. The molecular formula is C23H24ClF2N7O2. The van der Waals surface area contributed by atoms with E-state index in [2.05, 4.69) is 25.3 Å². The molecule has 9 nitrogen and oxygen atoms in total. The van der Waals surface area contributed by atoms with Crippen LogP contribution in [-0.4, -0.2) is 64.1 Å². The lowest BCUT2D eigenvalue weighted by Crippen LogP contribution is -2.58. The first kappa shape index (κ1) is 24.5. The smallest absolute Gasteiger partial charge is 0.295 e. The summed E-state index contributed by atoms with van der Waals surface area (Å²) in [6.07, 6.45) is 3.94. The van der Waals surface area contributed by atoms with Crippen LogP contribution in [0, 0.1) is 5.92 Å². The van der Waals surface area contributed by atoms with Crippen molar-refractivity contribution < 1.29 is 18.0 Å². The quantitative estimate of drug-likeness (QED) is 0.389. The molecule has 12 heteroatoms. The van der Waals surface area contributed by atoms with E-state index in [1.165, 1.54) is 25.7 Å². The summed E-state index contributed by atoms with van der Waals surface area (Å²) in [5.74, 6) is -4.20. The van der Waals surface area contributed by atoms with Gasteiger partial charge in [0.2, 0.25) is 0 Å². The SMILES string of the molecule is CN=CC(=C(N)C(=O)N1CC(F)(F)CC(C)C1CNc1nc2cc(Cl)ccc2o1)c1ncccn1. The largest absolute Gasteiger partial charge is 0.424 e. The lowest BCUT2D eigenvalue weighted by atomic mass is 9.88. The predicted molar refractivity (Wildman–Crippen MR) is 129 cm³/mol. The van der Waals surface area contributed by atoms with Crippen LogP contribution < -0.4 is 11.1 Å². The topological polar surface area (TPSA) is 123 Å². The fourth-order valence-corrected chi connectivity index (χ4v) is 4.30. The van der Waals surface area contributed by atoms with Crippen molar-refractivity contribution in [2.75, 3.05) is 25.5 Å². The van der Waals surface area contributed by atoms with Gasteiger partial charge in [-0.2, -0.15) is 4.98 Å². The highest BCUT2D eigenvalue weighted by Gasteiger charge is 2.46. The first-order chi connectivity index (χ1) is 16.7. The number of piperidine rings is 1. The van der Waals surface area contributed by atoms with Crippen molar-refractivity contribution >= 4 is 46.4 Å². The van der Waals surface area contributed by atoms with Crippen LogP contribution in [-0.2, 0) is 4.79 Å². The number of aliphatic imine (C=N–C) groups is 1. The average molecular weight is 504 g/mol. The number of benzene rings is 1. The van der Waals surface area contributed by atoms with E-state index in [1.54, 1.807) is 31.2 Å². The van der Waals surface area contributed by atoms with Gasteiger partial charge in [0.05, 0.1) is 18.2 Å². The van der Waals surface area contributed by atoms with E-state index < -0.39 is 30.3 Å². The number of hydrogen-bond acceptors (Lipinski definition) is 8. The number of aromatic nitrogens is 3. The predicted octanol–water partition coefficient (Wildman–Crippen LogP) is 3.63. The number of halogens is 3. The molecule has 0 bridgehead atoms. The van der Waals surface area contributed by atoms with Crippen molar-refractivity contribution in [3.8, 4) is 0 Å². The molecule has 1 aliphatic rings. The second kappa shape index (κ2) is 9.95. The van der Waals surface area contributed by atoms with Crippen LogP contribution in [0.25, 0.3) is 16.7 Å². The molecule has 0 radical (unpaired) electrons. The van der Waals surface area contributed by atoms with Gasteiger partial charge in [-0.15, -0.1) is 0 Å². The van der Waals surface area contributed by atoms with Crippen molar-refractivity contribution in [2.45, 2.75) is 25.3 Å². The molecule has 1 saturated heterocycles. The molecule has 1 aliphatic heterocycles. The molecule has 0 spiro atoms. The lowest BCUT2D eigenvalue weighted by molar-refractivity contribution is -0.148. The Morgan fingerprint density at radius 3 is 2.86 bits per heavy atom. The summed E-state index contributed by atoms with van der Waals surface area (Å²) < 4.78 is 34.8. The van der Waals surface area contributed by atoms with Crippen LogP contribution >= 0.6 is 11.6 Å². The summed E-state index contributed by atoms with van der Waals surface area (Å²) in [4.78, 5) is 31.0. The van der Waals surface area contributed by atoms with Gasteiger partial charge in [-0.05, 0) is 30.2 Å². The minimum Gasteiger partial charge on any atom is -0.424 e. The zero-order valence-corrected chi connectivity index (χ0v) is 19.8. The molecule has 184 valence electrons. The monoisotopic (exact) mass is 503 g/mol. The summed E-state index contributed by atoms with van der Waals surface area (Å²) >= 11 is 6.00. The number of hydrogen-bond donors (Lipinski definition) is 2. The Morgan fingerprint density at radius 1 is 1.40 bits per heavy atom. The zero-order valence-electron chi connectivity index (χ0n) is 19.1. The van der Waals surface area contributed by atoms with Crippen molar-refractivity contribution in [1.29, 1.82) is 0 Å². The number of rotatable bonds is 6. The first-order valence-corrected chi connectivity index (χ1v) is 11.2. The summed E-state index contributed by atoms with van der Waals surface area (Å²) in [5, 5.41) is 3.53. The van der Waals surface area contributed by atoms with Gasteiger partial charge in [0, 0.05) is 43.6 Å². The van der Waals surface area contributed by atoms with Crippen LogP contribution in [0.15, 0.2) is 51.8 Å². The van der Waals surface area contributed by atoms with Gasteiger partial charge < -0.3 is 20.4 Å². The molecule has 0 aliphatic carbocycles. The molecule has 4 rings (SSSR count). The Labute approximate surface area is 205 Å². The summed E-state index contributed by atoms with van der Waals surface area (Å²) in [6.45, 7) is 1.01. The van der Waals surface area contributed by atoms with E-state index in [0.717, 1.165) is 4.90 Å². The Bertz CT molecular complexity index is 1280. The number of fused-ring (bicyclic) bond motifs is 1. The highest BCUT2D eigenvalue weighted by atomic mass is 35.5. The first-order valence-electron chi connectivity index (χ1n) is 10.9. The Kier molecular flexibility index (Phi) is 6.97. The summed E-state index contributed by atoms with van der Waals surface area (Å²) in [7, 11) is 1.50. The maximum atomic E-state index is 14.5. The van der Waals surface area contributed by atoms with Crippen molar-refractivity contribution in [2.24, 2.45) is 16.6 Å². The van der Waals surface area contributed by atoms with E-state index in [1.807, 2.05) is 0 Å². The number of likely N-dealkylation sites (tertiary alicyclic amines) is 1. The highest BCUT2D eigenvalue weighted by Crippen LogP contribution is 2.35. The van der Waals surface area contributed by atoms with Gasteiger partial charge in [0.25, 0.3) is 17.8 Å². The zero-order chi connectivity index (χ0) is 25.2. The average Bonchev–Trinajstić information content (AvgIpc) is 3.22. The van der Waals surface area contributed by atoms with Crippen LogP contribution in [0.4, 0.5) is 14.8 Å². The molecular weight excluding hydrogens is 480 g/mol. The minimum atomic E-state index is -3.07. The van der Waals surface area contributed by atoms with E-state index in [-0.39, 0.29) is 36.1 Å². The molecule has 2 aromatic heterocycles. The van der Waals surface area contributed by atoms with Gasteiger partial charge in [0.15, 0.2) is 11.4 Å². The molecule has 2 atom stereocenters. The highest BCUT2D eigenvalue weighted by molar-refractivity contribution is 6.31. The van der Waals surface area contributed by atoms with Crippen LogP contribution in [0.1, 0.15) is 19.2 Å². The number of oxazole rings is 1. The number of allylic oxidation sites excluding steroid dienone is 1. The second-order valence-electron chi connectivity index (χ2n) is 8.34. The number of nitrogens with zero attached hydrogens (tertiary/aromatic N) is 5. The van der Waals surface area contributed by atoms with Crippen LogP contribution in [0.3, 0.4) is 0 Å². The van der Waals surface area contributed by atoms with Crippen molar-refractivity contribution in [1.82, 2.24) is 19.9 Å². The van der Waals surface area contributed by atoms with Gasteiger partial charge in [-0.25, -0.2) is 18.7 Å².